The average Bonchev–Trinajstić information content (AvgIpc) is 2.48. The molecule has 0 aliphatic heterocycles. The molecule has 104 valence electrons. The summed E-state index contributed by atoms with van der Waals surface area (Å²) < 4.78 is 5.45. The highest BCUT2D eigenvalue weighted by Crippen LogP contribution is 2.12. The molecule has 1 heterocycles. The first-order valence-electron chi connectivity index (χ1n) is 6.72. The summed E-state index contributed by atoms with van der Waals surface area (Å²) in [6.45, 7) is 7.93. The molecule has 2 aromatic rings. The first-order valence-corrected chi connectivity index (χ1v) is 6.72. The molecule has 0 aliphatic rings. The predicted octanol–water partition coefficient (Wildman–Crippen LogP) is 3.24. The number of hydrogen-bond donors (Lipinski definition) is 1. The molecule has 2 rings (SSSR count). The van der Waals surface area contributed by atoms with Crippen molar-refractivity contribution >= 4 is 0 Å². The minimum absolute atomic E-state index is 0.540. The van der Waals surface area contributed by atoms with Crippen LogP contribution in [0.5, 0.6) is 5.75 Å². The Bertz CT molecular complexity index is 549. The monoisotopic (exact) mass is 268 g/mol. The van der Waals surface area contributed by atoms with E-state index in [1.807, 2.05) is 30.6 Å². The van der Waals surface area contributed by atoms with Crippen LogP contribution in [-0.2, 0) is 13.1 Å². The number of hydrogen-bond acceptors (Lipinski definition) is 3. The van der Waals surface area contributed by atoms with Crippen LogP contribution in [0.3, 0.4) is 0 Å². The lowest BCUT2D eigenvalue weighted by atomic mass is 10.1. The predicted molar refractivity (Wildman–Crippen MR) is 81.7 cm³/mol. The molecule has 0 saturated carbocycles. The third kappa shape index (κ3) is 4.21. The van der Waals surface area contributed by atoms with Gasteiger partial charge in [-0.1, -0.05) is 24.8 Å². The number of nitrogens with one attached hydrogen (secondary N) is 1. The van der Waals surface area contributed by atoms with E-state index in [9.17, 15) is 0 Å². The van der Waals surface area contributed by atoms with E-state index < -0.39 is 0 Å². The lowest BCUT2D eigenvalue weighted by Crippen LogP contribution is -2.13. The molecule has 3 heteroatoms. The lowest BCUT2D eigenvalue weighted by Gasteiger charge is -2.08. The van der Waals surface area contributed by atoms with Gasteiger partial charge in [0.15, 0.2) is 0 Å². The van der Waals surface area contributed by atoms with E-state index in [0.717, 1.165) is 18.8 Å². The summed E-state index contributed by atoms with van der Waals surface area (Å²) in [4.78, 5) is 4.15. The van der Waals surface area contributed by atoms with Crippen molar-refractivity contribution < 1.29 is 4.74 Å². The Morgan fingerprint density at radius 3 is 2.70 bits per heavy atom. The van der Waals surface area contributed by atoms with Crippen molar-refractivity contribution in [2.45, 2.75) is 20.0 Å². The molecule has 3 nitrogen and oxygen atoms in total. The van der Waals surface area contributed by atoms with Crippen LogP contribution >= 0.6 is 0 Å². The van der Waals surface area contributed by atoms with Gasteiger partial charge in [-0.25, -0.2) is 0 Å². The van der Waals surface area contributed by atoms with E-state index in [1.54, 1.807) is 6.08 Å². The van der Waals surface area contributed by atoms with Crippen molar-refractivity contribution in [1.29, 1.82) is 0 Å². The Morgan fingerprint density at radius 1 is 1.20 bits per heavy atom. The molecule has 0 spiro atoms. The highest BCUT2D eigenvalue weighted by atomic mass is 16.5. The van der Waals surface area contributed by atoms with Crippen LogP contribution in [0.4, 0.5) is 0 Å². The number of nitrogens with zero attached hydrogens (tertiary/aromatic N) is 1. The van der Waals surface area contributed by atoms with Crippen LogP contribution in [0.2, 0.25) is 0 Å². The maximum Gasteiger partial charge on any atom is 0.119 e. The molecular weight excluding hydrogens is 248 g/mol. The minimum Gasteiger partial charge on any atom is -0.490 e. The van der Waals surface area contributed by atoms with Gasteiger partial charge >= 0.3 is 0 Å². The quantitative estimate of drug-likeness (QED) is 0.783. The van der Waals surface area contributed by atoms with Gasteiger partial charge in [0.25, 0.3) is 0 Å². The number of benzene rings is 1. The Kier molecular flexibility index (Phi) is 5.33. The molecule has 20 heavy (non-hydrogen) atoms. The average molecular weight is 268 g/mol. The smallest absolute Gasteiger partial charge is 0.119 e. The number of aryl methyl sites for hydroxylation is 1. The highest BCUT2D eigenvalue weighted by molar-refractivity contribution is 5.27. The molecular formula is C17H20N2O. The van der Waals surface area contributed by atoms with Crippen LogP contribution in [0.15, 0.2) is 55.4 Å². The van der Waals surface area contributed by atoms with Crippen LogP contribution in [-0.4, -0.2) is 11.6 Å². The fourth-order valence-corrected chi connectivity index (χ4v) is 1.88. The summed E-state index contributed by atoms with van der Waals surface area (Å²) in [5.74, 6) is 0.872. The number of aromatic nitrogens is 1. The number of rotatable bonds is 7. The van der Waals surface area contributed by atoms with Gasteiger partial charge < -0.3 is 10.1 Å². The normalized spacial score (nSPS) is 10.2. The topological polar surface area (TPSA) is 34.1 Å². The van der Waals surface area contributed by atoms with E-state index in [2.05, 4.69) is 35.9 Å². The van der Waals surface area contributed by atoms with Gasteiger partial charge in [-0.2, -0.15) is 0 Å². The maximum absolute atomic E-state index is 5.45. The Balaban J connectivity index is 1.82. The molecule has 0 aliphatic carbocycles. The molecule has 0 bridgehead atoms. The number of pyridine rings is 1. The molecule has 1 N–H and O–H groups in total. The third-order valence-electron chi connectivity index (χ3n) is 3.08. The van der Waals surface area contributed by atoms with Gasteiger partial charge in [-0.3, -0.25) is 4.98 Å². The van der Waals surface area contributed by atoms with Gasteiger partial charge in [0, 0.05) is 25.5 Å². The second kappa shape index (κ2) is 7.46. The van der Waals surface area contributed by atoms with Gasteiger partial charge in [0.05, 0.1) is 0 Å². The maximum atomic E-state index is 5.45. The SMILES string of the molecule is C=CCOc1ccc(CNCc2cnccc2C)cc1. The first kappa shape index (κ1) is 14.3. The summed E-state index contributed by atoms with van der Waals surface area (Å²) in [6.07, 6.45) is 5.47. The fourth-order valence-electron chi connectivity index (χ4n) is 1.88. The van der Waals surface area contributed by atoms with E-state index >= 15 is 0 Å². The van der Waals surface area contributed by atoms with Crippen LogP contribution in [0, 0.1) is 6.92 Å². The van der Waals surface area contributed by atoms with Crippen molar-refractivity contribution in [2.75, 3.05) is 6.61 Å². The lowest BCUT2D eigenvalue weighted by molar-refractivity contribution is 0.363. The Hall–Kier alpha value is -2.13. The standard InChI is InChI=1S/C17H20N2O/c1-3-10-20-17-6-4-15(5-7-17)11-19-13-16-12-18-9-8-14(16)2/h3-9,12,19H,1,10-11,13H2,2H3. The highest BCUT2D eigenvalue weighted by Gasteiger charge is 1.98. The molecule has 1 aromatic carbocycles. The van der Waals surface area contributed by atoms with E-state index in [4.69, 9.17) is 4.74 Å². The zero-order chi connectivity index (χ0) is 14.2. The van der Waals surface area contributed by atoms with Crippen molar-refractivity contribution in [3.8, 4) is 5.75 Å². The third-order valence-corrected chi connectivity index (χ3v) is 3.08. The minimum atomic E-state index is 0.540. The van der Waals surface area contributed by atoms with E-state index in [-0.39, 0.29) is 0 Å². The van der Waals surface area contributed by atoms with Gasteiger partial charge in [0.2, 0.25) is 0 Å². The van der Waals surface area contributed by atoms with E-state index in [0.29, 0.717) is 6.61 Å². The molecule has 0 saturated heterocycles. The largest absolute Gasteiger partial charge is 0.490 e. The van der Waals surface area contributed by atoms with Crippen LogP contribution in [0.25, 0.3) is 0 Å². The summed E-state index contributed by atoms with van der Waals surface area (Å²) in [5.41, 5.74) is 3.73. The van der Waals surface area contributed by atoms with Gasteiger partial charge in [-0.15, -0.1) is 0 Å². The Labute approximate surface area is 120 Å². The molecule has 1 aromatic heterocycles. The second-order valence-corrected chi connectivity index (χ2v) is 4.65. The zero-order valence-corrected chi connectivity index (χ0v) is 11.8. The van der Waals surface area contributed by atoms with E-state index in [1.165, 1.54) is 16.7 Å². The second-order valence-electron chi connectivity index (χ2n) is 4.65. The zero-order valence-electron chi connectivity index (χ0n) is 11.8. The van der Waals surface area contributed by atoms with Gasteiger partial charge in [0.1, 0.15) is 12.4 Å². The Morgan fingerprint density at radius 2 is 2.00 bits per heavy atom. The van der Waals surface area contributed by atoms with Gasteiger partial charge in [-0.05, 0) is 41.8 Å². The van der Waals surface area contributed by atoms with Crippen molar-refractivity contribution in [2.24, 2.45) is 0 Å². The fraction of sp³-hybridized carbons (Fsp3) is 0.235. The van der Waals surface area contributed by atoms with Crippen molar-refractivity contribution in [1.82, 2.24) is 10.3 Å². The first-order chi connectivity index (χ1) is 9.79. The summed E-state index contributed by atoms with van der Waals surface area (Å²) in [6, 6.07) is 10.1. The molecule has 0 unspecified atom stereocenters. The van der Waals surface area contributed by atoms with Crippen LogP contribution in [0.1, 0.15) is 16.7 Å². The molecule has 0 amide bonds. The van der Waals surface area contributed by atoms with Crippen molar-refractivity contribution in [3.05, 3.63) is 72.1 Å². The van der Waals surface area contributed by atoms with Crippen molar-refractivity contribution in [3.63, 3.8) is 0 Å². The molecule has 0 fully saturated rings. The summed E-state index contributed by atoms with van der Waals surface area (Å²) in [7, 11) is 0. The summed E-state index contributed by atoms with van der Waals surface area (Å²) >= 11 is 0. The molecule has 0 radical (unpaired) electrons. The summed E-state index contributed by atoms with van der Waals surface area (Å²) in [5, 5.41) is 3.42. The molecule has 0 atom stereocenters. The number of ether oxygens (including phenoxy) is 1. The van der Waals surface area contributed by atoms with Crippen LogP contribution < -0.4 is 10.1 Å².